The van der Waals surface area contributed by atoms with Crippen molar-refractivity contribution in [2.75, 3.05) is 37.7 Å². The third-order valence-corrected chi connectivity index (χ3v) is 7.04. The number of aromatic nitrogens is 1. The molecule has 2 aromatic rings. The number of piperidine rings is 2. The Hall–Kier alpha value is -3.47. The highest BCUT2D eigenvalue weighted by Gasteiger charge is 2.45. The van der Waals surface area contributed by atoms with Gasteiger partial charge < -0.3 is 14.5 Å². The van der Waals surface area contributed by atoms with Crippen LogP contribution in [0.2, 0.25) is 0 Å². The molecule has 0 saturated carbocycles. The van der Waals surface area contributed by atoms with E-state index < -0.39 is 5.41 Å². The Labute approximate surface area is 199 Å². The predicted molar refractivity (Wildman–Crippen MR) is 124 cm³/mol. The average Bonchev–Trinajstić information content (AvgIpc) is 2.89. The van der Waals surface area contributed by atoms with Gasteiger partial charge in [0.25, 0.3) is 0 Å². The number of anilines is 1. The summed E-state index contributed by atoms with van der Waals surface area (Å²) in [4.78, 5) is 34.6. The molecule has 1 amide bonds. The van der Waals surface area contributed by atoms with Crippen molar-refractivity contribution in [1.82, 2.24) is 9.88 Å². The molecular formula is C26H29FN4O3. The number of amides is 1. The van der Waals surface area contributed by atoms with Crippen molar-refractivity contribution in [2.45, 2.75) is 38.0 Å². The molecule has 7 nitrogen and oxygen atoms in total. The predicted octanol–water partition coefficient (Wildman–Crippen LogP) is 3.43. The third kappa shape index (κ3) is 4.74. The second kappa shape index (κ2) is 10.2. The molecular weight excluding hydrogens is 435 g/mol. The van der Waals surface area contributed by atoms with Gasteiger partial charge in [0.2, 0.25) is 5.91 Å². The van der Waals surface area contributed by atoms with E-state index in [0.717, 1.165) is 37.3 Å². The van der Waals surface area contributed by atoms with Gasteiger partial charge in [-0.15, -0.1) is 0 Å². The van der Waals surface area contributed by atoms with Gasteiger partial charge in [0, 0.05) is 38.3 Å². The highest BCUT2D eigenvalue weighted by atomic mass is 19.1. The molecule has 4 rings (SSSR count). The average molecular weight is 465 g/mol. The van der Waals surface area contributed by atoms with E-state index in [2.05, 4.69) is 16.0 Å². The Morgan fingerprint density at radius 3 is 2.35 bits per heavy atom. The summed E-state index contributed by atoms with van der Waals surface area (Å²) in [5.41, 5.74) is 0.409. The number of hydrogen-bond donors (Lipinski definition) is 0. The summed E-state index contributed by atoms with van der Waals surface area (Å²) >= 11 is 0. The monoisotopic (exact) mass is 464 g/mol. The molecule has 178 valence electrons. The Morgan fingerprint density at radius 2 is 1.79 bits per heavy atom. The molecule has 2 saturated heterocycles. The minimum Gasteiger partial charge on any atom is -0.465 e. The van der Waals surface area contributed by atoms with Crippen molar-refractivity contribution in [3.63, 3.8) is 0 Å². The summed E-state index contributed by atoms with van der Waals surface area (Å²) in [7, 11) is 0. The number of hydrogen-bond acceptors (Lipinski definition) is 6. The van der Waals surface area contributed by atoms with Crippen LogP contribution in [0.25, 0.3) is 0 Å². The first-order valence-electron chi connectivity index (χ1n) is 11.8. The van der Waals surface area contributed by atoms with Crippen LogP contribution in [-0.4, -0.2) is 54.5 Å². The van der Waals surface area contributed by atoms with Crippen molar-refractivity contribution in [3.8, 4) is 6.07 Å². The molecule has 2 aliphatic heterocycles. The summed E-state index contributed by atoms with van der Waals surface area (Å²) in [5, 5.41) is 8.94. The number of nitriles is 1. The number of carbonyl (C=O) groups excluding carboxylic acids is 2. The molecule has 34 heavy (non-hydrogen) atoms. The van der Waals surface area contributed by atoms with Crippen LogP contribution in [0.15, 0.2) is 42.6 Å². The van der Waals surface area contributed by atoms with Gasteiger partial charge >= 0.3 is 5.97 Å². The largest absolute Gasteiger partial charge is 0.465 e. The van der Waals surface area contributed by atoms with Crippen LogP contribution in [0.1, 0.15) is 43.7 Å². The van der Waals surface area contributed by atoms with Gasteiger partial charge in [0.15, 0.2) is 0 Å². The summed E-state index contributed by atoms with van der Waals surface area (Å²) in [6.45, 7) is 4.43. The minimum absolute atomic E-state index is 0.0597. The third-order valence-electron chi connectivity index (χ3n) is 7.04. The van der Waals surface area contributed by atoms with Crippen molar-refractivity contribution in [3.05, 3.63) is 59.5 Å². The number of pyridine rings is 1. The zero-order valence-electron chi connectivity index (χ0n) is 19.4. The first-order chi connectivity index (χ1) is 16.5. The van der Waals surface area contributed by atoms with Crippen molar-refractivity contribution in [1.29, 1.82) is 5.26 Å². The number of esters is 1. The Bertz CT molecular complexity index is 1050. The quantitative estimate of drug-likeness (QED) is 0.630. The van der Waals surface area contributed by atoms with E-state index in [9.17, 15) is 14.0 Å². The smallest absolute Gasteiger partial charge is 0.316 e. The molecule has 0 radical (unpaired) electrons. The fourth-order valence-electron chi connectivity index (χ4n) is 5.01. The number of nitrogens with zero attached hydrogens (tertiary/aromatic N) is 4. The lowest BCUT2D eigenvalue weighted by Crippen LogP contribution is -2.52. The molecule has 8 heteroatoms. The zero-order chi connectivity index (χ0) is 24.1. The van der Waals surface area contributed by atoms with E-state index in [0.29, 0.717) is 31.5 Å². The van der Waals surface area contributed by atoms with Crippen LogP contribution >= 0.6 is 0 Å². The number of likely N-dealkylation sites (tertiary alicyclic amines) is 1. The highest BCUT2D eigenvalue weighted by Crippen LogP contribution is 2.38. The fraction of sp³-hybridized carbons (Fsp3) is 0.462. The first kappa shape index (κ1) is 23.7. The van der Waals surface area contributed by atoms with Crippen LogP contribution in [0, 0.1) is 23.1 Å². The second-order valence-electron chi connectivity index (χ2n) is 8.91. The van der Waals surface area contributed by atoms with Gasteiger partial charge in [-0.3, -0.25) is 9.59 Å². The number of halogens is 1. The van der Waals surface area contributed by atoms with Gasteiger partial charge in [-0.05, 0) is 62.4 Å². The van der Waals surface area contributed by atoms with E-state index in [-0.39, 0.29) is 30.2 Å². The van der Waals surface area contributed by atoms with Gasteiger partial charge in [-0.1, -0.05) is 12.1 Å². The van der Waals surface area contributed by atoms with Gasteiger partial charge in [-0.2, -0.15) is 5.26 Å². The summed E-state index contributed by atoms with van der Waals surface area (Å²) in [6, 6.07) is 11.7. The zero-order valence-corrected chi connectivity index (χ0v) is 19.4. The second-order valence-corrected chi connectivity index (χ2v) is 8.91. The molecule has 2 aliphatic rings. The molecule has 0 spiro atoms. The van der Waals surface area contributed by atoms with Crippen molar-refractivity contribution >= 4 is 17.7 Å². The molecule has 2 fully saturated rings. The van der Waals surface area contributed by atoms with Gasteiger partial charge in [0.05, 0.1) is 17.6 Å². The molecule has 1 aromatic carbocycles. The van der Waals surface area contributed by atoms with E-state index in [1.54, 1.807) is 31.3 Å². The highest BCUT2D eigenvalue weighted by molar-refractivity contribution is 5.85. The van der Waals surface area contributed by atoms with Crippen LogP contribution in [0.3, 0.4) is 0 Å². The van der Waals surface area contributed by atoms with E-state index >= 15 is 0 Å². The summed E-state index contributed by atoms with van der Waals surface area (Å²) in [6.07, 6.45) is 3.95. The maximum Gasteiger partial charge on any atom is 0.316 e. The van der Waals surface area contributed by atoms with Crippen LogP contribution in [-0.2, 0) is 19.7 Å². The molecule has 0 aliphatic carbocycles. The number of ether oxygens (including phenoxy) is 1. The lowest BCUT2D eigenvalue weighted by Gasteiger charge is -2.42. The molecule has 0 atom stereocenters. The molecule has 0 unspecified atom stereocenters. The standard InChI is InChI=1S/C26H29FN4O3/c1-2-34-25(33)26(21-4-6-22(27)7-5-21)11-15-31(16-12-26)24(32)20-9-13-30(14-10-20)23-8-3-19(17-28)18-29-23/h3-8,18,20H,2,9-16H2,1H3. The lowest BCUT2D eigenvalue weighted by atomic mass is 9.72. The number of benzene rings is 1. The van der Waals surface area contributed by atoms with E-state index in [1.165, 1.54) is 12.1 Å². The van der Waals surface area contributed by atoms with Gasteiger partial charge in [0.1, 0.15) is 17.7 Å². The fourth-order valence-corrected chi connectivity index (χ4v) is 5.01. The Morgan fingerprint density at radius 1 is 1.12 bits per heavy atom. The van der Waals surface area contributed by atoms with E-state index in [4.69, 9.17) is 10.00 Å². The number of carbonyl (C=O) groups is 2. The Kier molecular flexibility index (Phi) is 7.11. The maximum atomic E-state index is 13.5. The number of rotatable bonds is 5. The van der Waals surface area contributed by atoms with Crippen molar-refractivity contribution < 1.29 is 18.7 Å². The SMILES string of the molecule is CCOC(=O)C1(c2ccc(F)cc2)CCN(C(=O)C2CCN(c3ccc(C#N)cn3)CC2)CC1. The normalized spacial score (nSPS) is 18.3. The summed E-state index contributed by atoms with van der Waals surface area (Å²) < 4.78 is 18.9. The molecule has 0 N–H and O–H groups in total. The first-order valence-corrected chi connectivity index (χ1v) is 11.8. The van der Waals surface area contributed by atoms with Crippen LogP contribution in [0.4, 0.5) is 10.2 Å². The van der Waals surface area contributed by atoms with E-state index in [1.807, 2.05) is 11.0 Å². The summed E-state index contributed by atoms with van der Waals surface area (Å²) in [5.74, 6) is 0.232. The minimum atomic E-state index is -0.856. The molecule has 1 aromatic heterocycles. The van der Waals surface area contributed by atoms with Crippen LogP contribution < -0.4 is 4.90 Å². The van der Waals surface area contributed by atoms with Gasteiger partial charge in [-0.25, -0.2) is 9.37 Å². The Balaban J connectivity index is 1.38. The molecule has 3 heterocycles. The maximum absolute atomic E-state index is 13.5. The molecule has 0 bridgehead atoms. The topological polar surface area (TPSA) is 86.5 Å². The van der Waals surface area contributed by atoms with Crippen molar-refractivity contribution in [2.24, 2.45) is 5.92 Å². The van der Waals surface area contributed by atoms with Crippen LogP contribution in [0.5, 0.6) is 0 Å². The lowest BCUT2D eigenvalue weighted by molar-refractivity contribution is -0.154.